The van der Waals surface area contributed by atoms with E-state index in [9.17, 15) is 4.79 Å². The predicted octanol–water partition coefficient (Wildman–Crippen LogP) is 2.90. The number of hydrogen-bond donors (Lipinski definition) is 0. The highest BCUT2D eigenvalue weighted by atomic mass is 16.3. The number of likely N-dealkylation sites (tertiary alicyclic amines) is 1. The SMILES string of the molecule is O=C(CN(Cc1ccccc1)Cc1ccco1)N1CCCC1. The highest BCUT2D eigenvalue weighted by Crippen LogP contribution is 2.13. The molecule has 0 bridgehead atoms. The van der Waals surface area contributed by atoms with Crippen LogP contribution in [0.25, 0.3) is 0 Å². The van der Waals surface area contributed by atoms with E-state index < -0.39 is 0 Å². The second-order valence-electron chi connectivity index (χ2n) is 5.80. The fraction of sp³-hybridized carbons (Fsp3) is 0.389. The molecule has 3 rings (SSSR count). The average Bonchev–Trinajstić information content (AvgIpc) is 3.21. The van der Waals surface area contributed by atoms with Gasteiger partial charge in [0.15, 0.2) is 0 Å². The van der Waals surface area contributed by atoms with E-state index in [1.165, 1.54) is 5.56 Å². The van der Waals surface area contributed by atoms with Crippen LogP contribution >= 0.6 is 0 Å². The van der Waals surface area contributed by atoms with Gasteiger partial charge in [0.25, 0.3) is 0 Å². The van der Waals surface area contributed by atoms with Crippen LogP contribution in [0, 0.1) is 0 Å². The van der Waals surface area contributed by atoms with E-state index in [4.69, 9.17) is 4.42 Å². The Hall–Kier alpha value is -2.07. The van der Waals surface area contributed by atoms with Crippen molar-refractivity contribution in [3.8, 4) is 0 Å². The Balaban J connectivity index is 1.66. The van der Waals surface area contributed by atoms with Crippen LogP contribution in [-0.4, -0.2) is 35.3 Å². The van der Waals surface area contributed by atoms with Crippen molar-refractivity contribution in [3.05, 3.63) is 60.1 Å². The van der Waals surface area contributed by atoms with Gasteiger partial charge in [-0.15, -0.1) is 0 Å². The largest absolute Gasteiger partial charge is 0.468 e. The van der Waals surface area contributed by atoms with Crippen molar-refractivity contribution in [1.29, 1.82) is 0 Å². The van der Waals surface area contributed by atoms with Gasteiger partial charge in [0.05, 0.1) is 19.4 Å². The number of nitrogens with zero attached hydrogens (tertiary/aromatic N) is 2. The minimum absolute atomic E-state index is 0.222. The molecule has 1 aromatic heterocycles. The van der Waals surface area contributed by atoms with Crippen LogP contribution in [0.2, 0.25) is 0 Å². The molecule has 4 heteroatoms. The van der Waals surface area contributed by atoms with Gasteiger partial charge in [0.1, 0.15) is 5.76 Å². The summed E-state index contributed by atoms with van der Waals surface area (Å²) in [5, 5.41) is 0. The van der Waals surface area contributed by atoms with Gasteiger partial charge >= 0.3 is 0 Å². The summed E-state index contributed by atoms with van der Waals surface area (Å²) < 4.78 is 5.44. The van der Waals surface area contributed by atoms with Gasteiger partial charge in [-0.2, -0.15) is 0 Å². The first-order chi connectivity index (χ1) is 10.8. The molecule has 0 N–H and O–H groups in total. The van der Waals surface area contributed by atoms with Crippen LogP contribution in [0.3, 0.4) is 0 Å². The Kier molecular flexibility index (Phi) is 4.91. The zero-order valence-electron chi connectivity index (χ0n) is 12.8. The lowest BCUT2D eigenvalue weighted by molar-refractivity contribution is -0.131. The molecule has 2 aromatic rings. The molecule has 0 radical (unpaired) electrons. The van der Waals surface area contributed by atoms with Gasteiger partial charge < -0.3 is 9.32 Å². The monoisotopic (exact) mass is 298 g/mol. The molecule has 1 aliphatic heterocycles. The second kappa shape index (κ2) is 7.27. The molecule has 1 amide bonds. The number of furan rings is 1. The van der Waals surface area contributed by atoms with Crippen LogP contribution in [0.15, 0.2) is 53.1 Å². The van der Waals surface area contributed by atoms with Crippen LogP contribution in [0.5, 0.6) is 0 Å². The first-order valence-corrected chi connectivity index (χ1v) is 7.88. The topological polar surface area (TPSA) is 36.7 Å². The minimum Gasteiger partial charge on any atom is -0.468 e. The van der Waals surface area contributed by atoms with Gasteiger partial charge in [-0.3, -0.25) is 9.69 Å². The summed E-state index contributed by atoms with van der Waals surface area (Å²) in [4.78, 5) is 16.5. The molecule has 116 valence electrons. The van der Waals surface area contributed by atoms with Crippen molar-refractivity contribution < 1.29 is 9.21 Å². The second-order valence-corrected chi connectivity index (χ2v) is 5.80. The van der Waals surface area contributed by atoms with Crippen LogP contribution in [0.4, 0.5) is 0 Å². The van der Waals surface area contributed by atoms with Gasteiger partial charge in [-0.1, -0.05) is 30.3 Å². The number of benzene rings is 1. The number of carbonyl (C=O) groups is 1. The fourth-order valence-corrected chi connectivity index (χ4v) is 2.89. The smallest absolute Gasteiger partial charge is 0.236 e. The molecule has 0 unspecified atom stereocenters. The number of carbonyl (C=O) groups excluding carboxylic acids is 1. The molecule has 0 aliphatic carbocycles. The third kappa shape index (κ3) is 3.98. The van der Waals surface area contributed by atoms with Crippen molar-refractivity contribution >= 4 is 5.91 Å². The summed E-state index contributed by atoms with van der Waals surface area (Å²) in [6.45, 7) is 3.65. The predicted molar refractivity (Wildman–Crippen MR) is 85.1 cm³/mol. The Morgan fingerprint density at radius 1 is 1.05 bits per heavy atom. The Morgan fingerprint density at radius 3 is 2.50 bits per heavy atom. The van der Waals surface area contributed by atoms with Gasteiger partial charge in [0, 0.05) is 19.6 Å². The first kappa shape index (κ1) is 14.9. The van der Waals surface area contributed by atoms with Crippen molar-refractivity contribution in [2.24, 2.45) is 0 Å². The van der Waals surface area contributed by atoms with E-state index in [0.29, 0.717) is 13.1 Å². The number of rotatable bonds is 6. The van der Waals surface area contributed by atoms with E-state index in [2.05, 4.69) is 17.0 Å². The maximum Gasteiger partial charge on any atom is 0.236 e. The summed E-state index contributed by atoms with van der Waals surface area (Å²) in [7, 11) is 0. The average molecular weight is 298 g/mol. The van der Waals surface area contributed by atoms with Crippen LogP contribution < -0.4 is 0 Å². The number of amides is 1. The lowest BCUT2D eigenvalue weighted by Gasteiger charge is -2.24. The molecule has 2 heterocycles. The van der Waals surface area contributed by atoms with E-state index in [-0.39, 0.29) is 5.91 Å². The Bertz CT molecular complexity index is 574. The quantitative estimate of drug-likeness (QED) is 0.823. The van der Waals surface area contributed by atoms with E-state index in [0.717, 1.165) is 38.2 Å². The van der Waals surface area contributed by atoms with Crippen molar-refractivity contribution in [2.75, 3.05) is 19.6 Å². The van der Waals surface area contributed by atoms with E-state index in [1.54, 1.807) is 6.26 Å². The van der Waals surface area contributed by atoms with Gasteiger partial charge in [0.2, 0.25) is 5.91 Å². The van der Waals surface area contributed by atoms with Crippen molar-refractivity contribution in [2.45, 2.75) is 25.9 Å². The molecule has 0 atom stereocenters. The Labute approximate surface area is 131 Å². The zero-order chi connectivity index (χ0) is 15.2. The lowest BCUT2D eigenvalue weighted by atomic mass is 10.2. The first-order valence-electron chi connectivity index (χ1n) is 7.88. The van der Waals surface area contributed by atoms with Crippen molar-refractivity contribution in [1.82, 2.24) is 9.80 Å². The molecule has 1 aliphatic rings. The van der Waals surface area contributed by atoms with Gasteiger partial charge in [-0.05, 0) is 30.5 Å². The third-order valence-corrected chi connectivity index (χ3v) is 4.03. The molecular weight excluding hydrogens is 276 g/mol. The molecule has 1 aromatic carbocycles. The maximum absolute atomic E-state index is 12.4. The normalized spacial score (nSPS) is 14.7. The summed E-state index contributed by atoms with van der Waals surface area (Å²) in [6, 6.07) is 14.1. The number of hydrogen-bond acceptors (Lipinski definition) is 3. The highest BCUT2D eigenvalue weighted by molar-refractivity contribution is 5.78. The summed E-state index contributed by atoms with van der Waals surface area (Å²) in [6.07, 6.45) is 3.93. The molecule has 0 saturated carbocycles. The van der Waals surface area contributed by atoms with Crippen molar-refractivity contribution in [3.63, 3.8) is 0 Å². The maximum atomic E-state index is 12.4. The van der Waals surface area contributed by atoms with Gasteiger partial charge in [-0.25, -0.2) is 0 Å². The summed E-state index contributed by atoms with van der Waals surface area (Å²) in [5.41, 5.74) is 1.21. The molecule has 1 fully saturated rings. The lowest BCUT2D eigenvalue weighted by Crippen LogP contribution is -2.38. The molecule has 0 spiro atoms. The van der Waals surface area contributed by atoms with E-state index in [1.807, 2.05) is 35.2 Å². The van der Waals surface area contributed by atoms with Crippen LogP contribution in [0.1, 0.15) is 24.2 Å². The minimum atomic E-state index is 0.222. The Morgan fingerprint density at radius 2 is 1.82 bits per heavy atom. The standard InChI is InChI=1S/C18H22N2O2/c21-18(20-10-4-5-11-20)15-19(14-17-9-6-12-22-17)13-16-7-2-1-3-8-16/h1-3,6-9,12H,4-5,10-11,13-15H2. The fourth-order valence-electron chi connectivity index (χ4n) is 2.89. The molecule has 4 nitrogen and oxygen atoms in total. The third-order valence-electron chi connectivity index (χ3n) is 4.03. The highest BCUT2D eigenvalue weighted by Gasteiger charge is 2.21. The molecular formula is C18H22N2O2. The summed E-state index contributed by atoms with van der Waals surface area (Å²) in [5.74, 6) is 1.12. The molecule has 22 heavy (non-hydrogen) atoms. The summed E-state index contributed by atoms with van der Waals surface area (Å²) >= 11 is 0. The zero-order valence-corrected chi connectivity index (χ0v) is 12.8. The molecule has 1 saturated heterocycles. The van der Waals surface area contributed by atoms with Crippen LogP contribution in [-0.2, 0) is 17.9 Å². The van der Waals surface area contributed by atoms with E-state index >= 15 is 0 Å².